The topological polar surface area (TPSA) is 67.7 Å². The van der Waals surface area contributed by atoms with Gasteiger partial charge in [0.15, 0.2) is 6.10 Å². The van der Waals surface area contributed by atoms with Crippen molar-refractivity contribution in [3.05, 3.63) is 42.5 Å². The molecule has 1 aromatic carbocycles. The fourth-order valence-corrected chi connectivity index (χ4v) is 2.93. The van der Waals surface area contributed by atoms with Crippen molar-refractivity contribution < 1.29 is 23.1 Å². The summed E-state index contributed by atoms with van der Waals surface area (Å²) in [6, 6.07) is 7.12. The average molecular weight is 378 g/mol. The Morgan fingerprint density at radius 2 is 2.11 bits per heavy atom. The third-order valence-corrected chi connectivity index (χ3v) is 4.39. The number of para-hydroxylation sites is 2. The number of imidazole rings is 1. The quantitative estimate of drug-likeness (QED) is 0.774. The molecule has 0 aliphatic carbocycles. The van der Waals surface area contributed by atoms with Crippen LogP contribution in [-0.4, -0.2) is 46.0 Å². The van der Waals surface area contributed by atoms with E-state index in [2.05, 4.69) is 4.98 Å². The van der Waals surface area contributed by atoms with E-state index in [0.29, 0.717) is 16.0 Å². The molecule has 0 N–H and O–H groups in total. The molecule has 9 heteroatoms. The Morgan fingerprint density at radius 1 is 1.37 bits per heavy atom. The Bertz CT molecular complexity index is 840. The van der Waals surface area contributed by atoms with Gasteiger partial charge in [0.1, 0.15) is 11.6 Å². The van der Waals surface area contributed by atoms with Gasteiger partial charge < -0.3 is 14.5 Å². The van der Waals surface area contributed by atoms with E-state index < -0.39 is 12.7 Å². The zero-order valence-corrected chi connectivity index (χ0v) is 15.0. The molecule has 0 spiro atoms. The van der Waals surface area contributed by atoms with Crippen LogP contribution in [0, 0.1) is 0 Å². The smallest absolute Gasteiger partial charge is 0.319 e. The minimum atomic E-state index is -2.71. The highest BCUT2D eigenvalue weighted by atomic mass is 19.3. The van der Waals surface area contributed by atoms with Crippen LogP contribution < -0.4 is 9.64 Å². The highest BCUT2D eigenvalue weighted by Gasteiger charge is 2.31. The van der Waals surface area contributed by atoms with E-state index in [1.807, 2.05) is 6.07 Å². The zero-order valence-electron chi connectivity index (χ0n) is 15.0. The molecular formula is C18H20F2N4O3. The molecule has 27 heavy (non-hydrogen) atoms. The summed E-state index contributed by atoms with van der Waals surface area (Å²) < 4.78 is 32.1. The third-order valence-electron chi connectivity index (χ3n) is 4.39. The van der Waals surface area contributed by atoms with E-state index in [0.717, 1.165) is 0 Å². The summed E-state index contributed by atoms with van der Waals surface area (Å²) in [6.07, 6.45) is 1.86. The number of anilines is 1. The number of alkyl halides is 2. The number of aromatic nitrogens is 2. The van der Waals surface area contributed by atoms with Gasteiger partial charge >= 0.3 is 6.55 Å². The highest BCUT2D eigenvalue weighted by molar-refractivity contribution is 6.00. The lowest BCUT2D eigenvalue weighted by Gasteiger charge is -2.33. The van der Waals surface area contributed by atoms with Crippen molar-refractivity contribution in [2.45, 2.75) is 32.5 Å². The molecule has 2 amide bonds. The van der Waals surface area contributed by atoms with E-state index >= 15 is 0 Å². The van der Waals surface area contributed by atoms with E-state index in [-0.39, 0.29) is 37.1 Å². The van der Waals surface area contributed by atoms with E-state index in [1.54, 1.807) is 25.1 Å². The Hall–Kier alpha value is -2.97. The van der Waals surface area contributed by atoms with Crippen molar-refractivity contribution in [2.75, 3.05) is 18.5 Å². The number of amides is 2. The normalized spacial score (nSPS) is 16.3. The van der Waals surface area contributed by atoms with Gasteiger partial charge in [-0.15, -0.1) is 0 Å². The molecule has 3 rings (SSSR count). The second-order valence-electron chi connectivity index (χ2n) is 6.25. The number of ether oxygens (including phenoxy) is 1. The van der Waals surface area contributed by atoms with Gasteiger partial charge in [0.2, 0.25) is 5.91 Å². The van der Waals surface area contributed by atoms with E-state index in [9.17, 15) is 18.4 Å². The number of nitrogens with zero attached hydrogens (tertiary/aromatic N) is 4. The summed E-state index contributed by atoms with van der Waals surface area (Å²) >= 11 is 0. The van der Waals surface area contributed by atoms with Crippen molar-refractivity contribution in [3.8, 4) is 5.75 Å². The van der Waals surface area contributed by atoms with Crippen LogP contribution in [-0.2, 0) is 16.1 Å². The van der Waals surface area contributed by atoms with Crippen molar-refractivity contribution >= 4 is 17.5 Å². The lowest BCUT2D eigenvalue weighted by atomic mass is 10.1. The molecular weight excluding hydrogens is 358 g/mol. The van der Waals surface area contributed by atoms with Crippen LogP contribution >= 0.6 is 0 Å². The number of fused-ring (bicyclic) bond motifs is 1. The van der Waals surface area contributed by atoms with Gasteiger partial charge in [-0.3, -0.25) is 14.2 Å². The lowest BCUT2D eigenvalue weighted by Crippen LogP contribution is -2.45. The number of benzene rings is 1. The van der Waals surface area contributed by atoms with Crippen LogP contribution in [0.15, 0.2) is 36.7 Å². The molecule has 7 nitrogen and oxygen atoms in total. The largest absolute Gasteiger partial charge is 0.479 e. The second-order valence-corrected chi connectivity index (χ2v) is 6.25. The molecule has 1 unspecified atom stereocenters. The molecule has 0 radical (unpaired) electrons. The first-order valence-electron chi connectivity index (χ1n) is 8.49. The van der Waals surface area contributed by atoms with Crippen molar-refractivity contribution in [1.82, 2.24) is 14.5 Å². The molecule has 2 heterocycles. The number of hydrogen-bond donors (Lipinski definition) is 0. The number of carbonyl (C=O) groups excluding carboxylic acids is 2. The predicted octanol–water partition coefficient (Wildman–Crippen LogP) is 2.44. The van der Waals surface area contributed by atoms with Gasteiger partial charge in [-0.25, -0.2) is 4.98 Å². The maximum Gasteiger partial charge on any atom is 0.319 e. The average Bonchev–Trinajstić information content (AvgIpc) is 3.10. The van der Waals surface area contributed by atoms with Crippen molar-refractivity contribution in [2.24, 2.45) is 0 Å². The molecule has 0 bridgehead atoms. The van der Waals surface area contributed by atoms with Crippen LogP contribution in [0.2, 0.25) is 0 Å². The Balaban J connectivity index is 1.65. The summed E-state index contributed by atoms with van der Waals surface area (Å²) in [5.74, 6) is 0.187. The Labute approximate surface area is 155 Å². The van der Waals surface area contributed by atoms with Crippen LogP contribution in [0.4, 0.5) is 14.5 Å². The standard InChI is InChI=1S/C18H20F2N4O3/c1-12-17(26)23(13-5-3-4-6-14(13)27-12)9-7-16(25)22(2)11-15-21-8-10-24(15)18(19)20/h3-6,8,10,12,18H,7,9,11H2,1-2H3. The third kappa shape index (κ3) is 3.91. The first kappa shape index (κ1) is 18.8. The van der Waals surface area contributed by atoms with Crippen molar-refractivity contribution in [1.29, 1.82) is 0 Å². The molecule has 1 atom stereocenters. The van der Waals surface area contributed by atoms with Crippen LogP contribution in [0.3, 0.4) is 0 Å². The number of halogens is 2. The minimum Gasteiger partial charge on any atom is -0.479 e. The fraction of sp³-hybridized carbons (Fsp3) is 0.389. The van der Waals surface area contributed by atoms with Gasteiger partial charge in [-0.05, 0) is 19.1 Å². The van der Waals surface area contributed by atoms with Gasteiger partial charge in [-0.1, -0.05) is 12.1 Å². The first-order valence-corrected chi connectivity index (χ1v) is 8.49. The number of hydrogen-bond acceptors (Lipinski definition) is 4. The first-order chi connectivity index (χ1) is 12.9. The molecule has 0 fully saturated rings. The number of carbonyl (C=O) groups is 2. The molecule has 2 aromatic rings. The van der Waals surface area contributed by atoms with Gasteiger partial charge in [0, 0.05) is 32.4 Å². The van der Waals surface area contributed by atoms with Crippen LogP contribution in [0.25, 0.3) is 0 Å². The summed E-state index contributed by atoms with van der Waals surface area (Å²) in [5.41, 5.74) is 0.615. The van der Waals surface area contributed by atoms with E-state index in [4.69, 9.17) is 4.74 Å². The van der Waals surface area contributed by atoms with Gasteiger partial charge in [0.25, 0.3) is 5.91 Å². The molecule has 0 saturated carbocycles. The lowest BCUT2D eigenvalue weighted by molar-refractivity contribution is -0.130. The zero-order chi connectivity index (χ0) is 19.6. The number of rotatable bonds is 6. The predicted molar refractivity (Wildman–Crippen MR) is 93.5 cm³/mol. The maximum atomic E-state index is 12.9. The summed E-state index contributed by atoms with van der Waals surface area (Å²) in [6.45, 7) is -0.922. The summed E-state index contributed by atoms with van der Waals surface area (Å²) in [4.78, 5) is 31.6. The van der Waals surface area contributed by atoms with Crippen molar-refractivity contribution in [3.63, 3.8) is 0 Å². The van der Waals surface area contributed by atoms with Gasteiger partial charge in [0.05, 0.1) is 12.2 Å². The Morgan fingerprint density at radius 3 is 2.85 bits per heavy atom. The Kier molecular flexibility index (Phi) is 5.38. The SMILES string of the molecule is CC1Oc2ccccc2N(CCC(=O)N(C)Cc2nccn2C(F)F)C1=O. The molecule has 1 aliphatic heterocycles. The summed E-state index contributed by atoms with van der Waals surface area (Å²) in [5, 5.41) is 0. The molecule has 0 saturated heterocycles. The summed E-state index contributed by atoms with van der Waals surface area (Å²) in [7, 11) is 1.52. The fourth-order valence-electron chi connectivity index (χ4n) is 2.93. The maximum absolute atomic E-state index is 12.9. The molecule has 144 valence electrons. The molecule has 1 aliphatic rings. The van der Waals surface area contributed by atoms with Crippen LogP contribution in [0.1, 0.15) is 25.7 Å². The van der Waals surface area contributed by atoms with Gasteiger partial charge in [-0.2, -0.15) is 8.78 Å². The second kappa shape index (κ2) is 7.73. The monoisotopic (exact) mass is 378 g/mol. The highest BCUT2D eigenvalue weighted by Crippen LogP contribution is 2.33. The minimum absolute atomic E-state index is 0.0414. The molecule has 1 aromatic heterocycles. The van der Waals surface area contributed by atoms with Crippen LogP contribution in [0.5, 0.6) is 5.75 Å². The van der Waals surface area contributed by atoms with E-state index in [1.165, 1.54) is 29.2 Å².